The van der Waals surface area contributed by atoms with E-state index in [-0.39, 0.29) is 11.8 Å². The van der Waals surface area contributed by atoms with Gasteiger partial charge in [-0.05, 0) is 18.1 Å². The Labute approximate surface area is 177 Å². The molecule has 0 aliphatic carbocycles. The van der Waals surface area contributed by atoms with E-state index in [0.29, 0.717) is 17.5 Å². The van der Waals surface area contributed by atoms with Crippen LogP contribution in [0.4, 0.5) is 0 Å². The van der Waals surface area contributed by atoms with Gasteiger partial charge in [-0.25, -0.2) is 4.98 Å². The third-order valence-corrected chi connectivity index (χ3v) is 7.05. The van der Waals surface area contributed by atoms with Crippen molar-refractivity contribution in [1.82, 2.24) is 19.7 Å². The van der Waals surface area contributed by atoms with E-state index in [2.05, 4.69) is 31.9 Å². The molecule has 1 aromatic heterocycles. The highest BCUT2D eigenvalue weighted by Crippen LogP contribution is 2.21. The number of aryl methyl sites for hydroxylation is 1. The molecule has 28 heavy (non-hydrogen) atoms. The van der Waals surface area contributed by atoms with E-state index in [1.807, 2.05) is 33.4 Å². The summed E-state index contributed by atoms with van der Waals surface area (Å²) in [6, 6.07) is 8.48. The minimum atomic E-state index is 0.0344. The quantitative estimate of drug-likeness (QED) is 0.684. The molecule has 2 amide bonds. The van der Waals surface area contributed by atoms with Gasteiger partial charge in [-0.2, -0.15) is 0 Å². The number of benzene rings is 1. The standard InChI is InChI=1S/C20H23BrN4O2S/c21-17-4-2-1-3-15(17)5-6-18(26)25-13-16(14-25)23-8-10-24(11-9-23)20(27)19-22-7-12-28-19/h1-4,7,12,16H,5-6,8-11,13-14H2. The number of thiazole rings is 1. The van der Waals surface area contributed by atoms with Gasteiger partial charge < -0.3 is 9.80 Å². The van der Waals surface area contributed by atoms with Gasteiger partial charge in [-0.1, -0.05) is 34.1 Å². The molecular weight excluding hydrogens is 440 g/mol. The summed E-state index contributed by atoms with van der Waals surface area (Å²) in [5, 5.41) is 2.40. The third-order valence-electron chi connectivity index (χ3n) is 5.51. The van der Waals surface area contributed by atoms with Crippen molar-refractivity contribution in [2.75, 3.05) is 39.3 Å². The Morgan fingerprint density at radius 2 is 1.86 bits per heavy atom. The molecule has 2 aliphatic rings. The Morgan fingerprint density at radius 1 is 1.11 bits per heavy atom. The van der Waals surface area contributed by atoms with E-state index in [4.69, 9.17) is 0 Å². The molecule has 148 valence electrons. The number of piperazine rings is 1. The summed E-state index contributed by atoms with van der Waals surface area (Å²) < 4.78 is 1.06. The Bertz CT molecular complexity index is 830. The number of hydrogen-bond acceptors (Lipinski definition) is 5. The molecule has 2 aromatic rings. The molecule has 8 heteroatoms. The van der Waals surface area contributed by atoms with E-state index in [1.165, 1.54) is 16.9 Å². The molecule has 3 heterocycles. The van der Waals surface area contributed by atoms with Crippen LogP contribution in [0.3, 0.4) is 0 Å². The van der Waals surface area contributed by atoms with Gasteiger partial charge >= 0.3 is 0 Å². The summed E-state index contributed by atoms with van der Waals surface area (Å²) in [6.07, 6.45) is 2.98. The lowest BCUT2D eigenvalue weighted by Gasteiger charge is -2.48. The SMILES string of the molecule is O=C(CCc1ccccc1Br)N1CC(N2CCN(C(=O)c3nccs3)CC2)C1. The number of likely N-dealkylation sites (tertiary alicyclic amines) is 1. The first-order valence-corrected chi connectivity index (χ1v) is 11.2. The molecule has 0 radical (unpaired) electrons. The van der Waals surface area contributed by atoms with Gasteiger partial charge in [0.2, 0.25) is 5.91 Å². The average molecular weight is 463 g/mol. The first-order chi connectivity index (χ1) is 13.6. The second-order valence-electron chi connectivity index (χ2n) is 7.21. The normalized spacial score (nSPS) is 18.2. The molecule has 6 nitrogen and oxygen atoms in total. The molecule has 1 aromatic carbocycles. The van der Waals surface area contributed by atoms with Crippen LogP contribution in [-0.2, 0) is 11.2 Å². The maximum absolute atomic E-state index is 12.4. The zero-order valence-electron chi connectivity index (χ0n) is 15.6. The lowest BCUT2D eigenvalue weighted by atomic mass is 10.0. The number of nitrogens with zero attached hydrogens (tertiary/aromatic N) is 4. The lowest BCUT2D eigenvalue weighted by molar-refractivity contribution is -0.139. The van der Waals surface area contributed by atoms with E-state index < -0.39 is 0 Å². The van der Waals surface area contributed by atoms with Crippen molar-refractivity contribution in [3.63, 3.8) is 0 Å². The van der Waals surface area contributed by atoms with E-state index >= 15 is 0 Å². The number of halogens is 1. The Morgan fingerprint density at radius 3 is 2.54 bits per heavy atom. The van der Waals surface area contributed by atoms with E-state index in [0.717, 1.165) is 50.2 Å². The van der Waals surface area contributed by atoms with Crippen LogP contribution in [-0.4, -0.2) is 76.8 Å². The summed E-state index contributed by atoms with van der Waals surface area (Å²) in [6.45, 7) is 4.78. The van der Waals surface area contributed by atoms with Crippen LogP contribution in [0.25, 0.3) is 0 Å². The van der Waals surface area contributed by atoms with Gasteiger partial charge in [-0.15, -0.1) is 11.3 Å². The van der Waals surface area contributed by atoms with Crippen molar-refractivity contribution in [3.05, 3.63) is 50.9 Å². The fourth-order valence-corrected chi connectivity index (χ4v) is 4.83. The summed E-state index contributed by atoms with van der Waals surface area (Å²) in [5.74, 6) is 0.261. The Kier molecular flexibility index (Phi) is 6.08. The van der Waals surface area contributed by atoms with Gasteiger partial charge in [0, 0.05) is 67.8 Å². The largest absolute Gasteiger partial charge is 0.339 e. The van der Waals surface area contributed by atoms with Crippen LogP contribution < -0.4 is 0 Å². The number of rotatable bonds is 5. The summed E-state index contributed by atoms with van der Waals surface area (Å²) in [4.78, 5) is 35.2. The van der Waals surface area contributed by atoms with Crippen molar-refractivity contribution in [3.8, 4) is 0 Å². The number of carbonyl (C=O) groups is 2. The zero-order valence-corrected chi connectivity index (χ0v) is 18.0. The lowest BCUT2D eigenvalue weighted by Crippen LogP contribution is -2.64. The highest BCUT2D eigenvalue weighted by Gasteiger charge is 2.36. The number of carbonyl (C=O) groups excluding carboxylic acids is 2. The predicted octanol–water partition coefficient (Wildman–Crippen LogP) is 2.51. The van der Waals surface area contributed by atoms with Crippen LogP contribution in [0.2, 0.25) is 0 Å². The van der Waals surface area contributed by atoms with Crippen LogP contribution in [0.5, 0.6) is 0 Å². The van der Waals surface area contributed by atoms with Crippen LogP contribution >= 0.6 is 27.3 Å². The smallest absolute Gasteiger partial charge is 0.282 e. The van der Waals surface area contributed by atoms with Crippen molar-refractivity contribution in [2.24, 2.45) is 0 Å². The van der Waals surface area contributed by atoms with E-state index in [9.17, 15) is 9.59 Å². The molecule has 0 unspecified atom stereocenters. The second kappa shape index (κ2) is 8.71. The molecule has 2 fully saturated rings. The highest BCUT2D eigenvalue weighted by atomic mass is 79.9. The zero-order chi connectivity index (χ0) is 19.5. The molecule has 0 saturated carbocycles. The molecular formula is C20H23BrN4O2S. The summed E-state index contributed by atoms with van der Waals surface area (Å²) in [7, 11) is 0. The molecule has 0 bridgehead atoms. The Hall–Kier alpha value is -1.77. The second-order valence-corrected chi connectivity index (χ2v) is 8.96. The molecule has 2 saturated heterocycles. The van der Waals surface area contributed by atoms with Crippen molar-refractivity contribution in [2.45, 2.75) is 18.9 Å². The summed E-state index contributed by atoms with van der Waals surface area (Å²) >= 11 is 4.93. The predicted molar refractivity (Wildman–Crippen MR) is 112 cm³/mol. The Balaban J connectivity index is 1.19. The maximum atomic E-state index is 12.4. The average Bonchev–Trinajstić information content (AvgIpc) is 3.21. The fraction of sp³-hybridized carbons (Fsp3) is 0.450. The molecule has 0 spiro atoms. The van der Waals surface area contributed by atoms with Crippen LogP contribution in [0.1, 0.15) is 21.8 Å². The fourth-order valence-electron chi connectivity index (χ4n) is 3.75. The van der Waals surface area contributed by atoms with Crippen molar-refractivity contribution in [1.29, 1.82) is 0 Å². The number of amides is 2. The van der Waals surface area contributed by atoms with Gasteiger partial charge in [0.15, 0.2) is 5.01 Å². The molecule has 0 N–H and O–H groups in total. The van der Waals surface area contributed by atoms with E-state index in [1.54, 1.807) is 6.20 Å². The van der Waals surface area contributed by atoms with Crippen LogP contribution in [0, 0.1) is 0 Å². The van der Waals surface area contributed by atoms with Gasteiger partial charge in [0.05, 0.1) is 0 Å². The summed E-state index contributed by atoms with van der Waals surface area (Å²) in [5.41, 5.74) is 1.17. The van der Waals surface area contributed by atoms with Gasteiger partial charge in [0.25, 0.3) is 5.91 Å². The number of aromatic nitrogens is 1. The first kappa shape index (κ1) is 19.5. The van der Waals surface area contributed by atoms with Crippen molar-refractivity contribution >= 4 is 39.1 Å². The van der Waals surface area contributed by atoms with Gasteiger partial charge in [-0.3, -0.25) is 14.5 Å². The minimum absolute atomic E-state index is 0.0344. The monoisotopic (exact) mass is 462 g/mol. The molecule has 0 atom stereocenters. The highest BCUT2D eigenvalue weighted by molar-refractivity contribution is 9.10. The number of hydrogen-bond donors (Lipinski definition) is 0. The maximum Gasteiger partial charge on any atom is 0.282 e. The van der Waals surface area contributed by atoms with Crippen molar-refractivity contribution < 1.29 is 9.59 Å². The molecule has 2 aliphatic heterocycles. The third kappa shape index (κ3) is 4.29. The first-order valence-electron chi connectivity index (χ1n) is 9.56. The molecule has 4 rings (SSSR count). The topological polar surface area (TPSA) is 56.8 Å². The van der Waals surface area contributed by atoms with Gasteiger partial charge in [0.1, 0.15) is 0 Å². The van der Waals surface area contributed by atoms with Crippen LogP contribution in [0.15, 0.2) is 40.3 Å². The minimum Gasteiger partial charge on any atom is -0.339 e.